The summed E-state index contributed by atoms with van der Waals surface area (Å²) in [5.74, 6) is 0.0361. The van der Waals surface area contributed by atoms with E-state index in [-0.39, 0.29) is 30.5 Å². The fourth-order valence-corrected chi connectivity index (χ4v) is 1.64. The lowest BCUT2D eigenvalue weighted by molar-refractivity contribution is -0.127. The molecule has 20 heavy (non-hydrogen) atoms. The van der Waals surface area contributed by atoms with Gasteiger partial charge in [-0.1, -0.05) is 15.9 Å². The molecule has 110 valence electrons. The van der Waals surface area contributed by atoms with Gasteiger partial charge >= 0.3 is 0 Å². The van der Waals surface area contributed by atoms with Gasteiger partial charge in [0.15, 0.2) is 6.61 Å². The van der Waals surface area contributed by atoms with E-state index in [1.54, 1.807) is 12.1 Å². The maximum atomic E-state index is 11.5. The van der Waals surface area contributed by atoms with Crippen LogP contribution in [0, 0.1) is 0 Å². The standard InChI is InChI=1S/C14H19BrN2O3/c1-14(2,3)17-12(18)8-16-13(19)9-20-11-6-4-10(15)5-7-11/h4-7H,8-9H2,1-3H3,(H,16,19)(H,17,18). The van der Waals surface area contributed by atoms with Gasteiger partial charge in [0.05, 0.1) is 6.54 Å². The molecule has 0 saturated heterocycles. The lowest BCUT2D eigenvalue weighted by Crippen LogP contribution is -2.46. The zero-order chi connectivity index (χ0) is 15.2. The Hall–Kier alpha value is -1.56. The third-order valence-corrected chi connectivity index (χ3v) is 2.67. The topological polar surface area (TPSA) is 67.4 Å². The fraction of sp³-hybridized carbons (Fsp3) is 0.429. The van der Waals surface area contributed by atoms with Crippen LogP contribution in [0.15, 0.2) is 28.7 Å². The molecule has 0 heterocycles. The van der Waals surface area contributed by atoms with Crippen molar-refractivity contribution in [1.29, 1.82) is 0 Å². The number of hydrogen-bond donors (Lipinski definition) is 2. The van der Waals surface area contributed by atoms with Gasteiger partial charge in [-0.15, -0.1) is 0 Å². The first-order valence-electron chi connectivity index (χ1n) is 6.22. The number of carbonyl (C=O) groups excluding carboxylic acids is 2. The first kappa shape index (κ1) is 16.5. The second kappa shape index (κ2) is 7.28. The molecule has 0 aliphatic heterocycles. The fourth-order valence-electron chi connectivity index (χ4n) is 1.37. The summed E-state index contributed by atoms with van der Waals surface area (Å²) in [5, 5.41) is 5.26. The average Bonchev–Trinajstić information content (AvgIpc) is 2.33. The third-order valence-electron chi connectivity index (χ3n) is 2.14. The van der Waals surface area contributed by atoms with Crippen LogP contribution in [0.2, 0.25) is 0 Å². The van der Waals surface area contributed by atoms with Gasteiger partial charge in [-0.25, -0.2) is 0 Å². The second-order valence-electron chi connectivity index (χ2n) is 5.32. The molecule has 0 aromatic heterocycles. The van der Waals surface area contributed by atoms with Gasteiger partial charge in [-0.3, -0.25) is 9.59 Å². The minimum absolute atomic E-state index is 0.0558. The predicted octanol–water partition coefficient (Wildman–Crippen LogP) is 1.86. The van der Waals surface area contributed by atoms with Crippen LogP contribution in [0.4, 0.5) is 0 Å². The first-order chi connectivity index (χ1) is 9.26. The Morgan fingerprint density at radius 3 is 2.30 bits per heavy atom. The quantitative estimate of drug-likeness (QED) is 0.858. The average molecular weight is 343 g/mol. The number of nitrogens with one attached hydrogen (secondary N) is 2. The Bertz CT molecular complexity index is 466. The molecule has 2 amide bonds. The molecule has 0 spiro atoms. The molecular formula is C14H19BrN2O3. The monoisotopic (exact) mass is 342 g/mol. The maximum absolute atomic E-state index is 11.5. The molecule has 0 bridgehead atoms. The second-order valence-corrected chi connectivity index (χ2v) is 6.23. The number of ether oxygens (including phenoxy) is 1. The lowest BCUT2D eigenvalue weighted by atomic mass is 10.1. The van der Waals surface area contributed by atoms with Crippen LogP contribution in [0.25, 0.3) is 0 Å². The molecule has 0 saturated carbocycles. The summed E-state index contributed by atoms with van der Waals surface area (Å²) in [7, 11) is 0. The Labute approximate surface area is 127 Å². The number of amides is 2. The van der Waals surface area contributed by atoms with Crippen LogP contribution in [-0.4, -0.2) is 30.5 Å². The van der Waals surface area contributed by atoms with Gasteiger partial charge in [-0.2, -0.15) is 0 Å². The largest absolute Gasteiger partial charge is 0.484 e. The predicted molar refractivity (Wildman–Crippen MR) is 80.5 cm³/mol. The minimum Gasteiger partial charge on any atom is -0.484 e. The molecule has 1 rings (SSSR count). The molecule has 0 radical (unpaired) electrons. The molecule has 0 atom stereocenters. The molecule has 0 fully saturated rings. The van der Waals surface area contributed by atoms with Crippen molar-refractivity contribution in [2.45, 2.75) is 26.3 Å². The summed E-state index contributed by atoms with van der Waals surface area (Å²) in [4.78, 5) is 23.0. The van der Waals surface area contributed by atoms with Crippen molar-refractivity contribution in [1.82, 2.24) is 10.6 Å². The Kier molecular flexibility index (Phi) is 6.01. The highest BCUT2D eigenvalue weighted by Gasteiger charge is 2.14. The van der Waals surface area contributed by atoms with Crippen molar-refractivity contribution < 1.29 is 14.3 Å². The zero-order valence-corrected chi connectivity index (χ0v) is 13.4. The summed E-state index contributed by atoms with van der Waals surface area (Å²) in [6, 6.07) is 7.15. The van der Waals surface area contributed by atoms with Crippen LogP contribution >= 0.6 is 15.9 Å². The van der Waals surface area contributed by atoms with Crippen LogP contribution in [0.1, 0.15) is 20.8 Å². The van der Waals surface area contributed by atoms with Crippen molar-refractivity contribution in [2.24, 2.45) is 0 Å². The van der Waals surface area contributed by atoms with E-state index in [4.69, 9.17) is 4.74 Å². The molecular weight excluding hydrogens is 324 g/mol. The van der Waals surface area contributed by atoms with E-state index >= 15 is 0 Å². The SMILES string of the molecule is CC(C)(C)NC(=O)CNC(=O)COc1ccc(Br)cc1. The van der Waals surface area contributed by atoms with Crippen LogP contribution in [0.5, 0.6) is 5.75 Å². The minimum atomic E-state index is -0.336. The molecule has 1 aromatic carbocycles. The molecule has 0 aliphatic rings. The molecule has 5 nitrogen and oxygen atoms in total. The van der Waals surface area contributed by atoms with Crippen molar-refractivity contribution in [3.05, 3.63) is 28.7 Å². The summed E-state index contributed by atoms with van der Waals surface area (Å²) in [6.45, 7) is 5.46. The lowest BCUT2D eigenvalue weighted by Gasteiger charge is -2.20. The third kappa shape index (κ3) is 7.13. The molecule has 6 heteroatoms. The highest BCUT2D eigenvalue weighted by atomic mass is 79.9. The van der Waals surface area contributed by atoms with E-state index in [1.807, 2.05) is 32.9 Å². The summed E-state index contributed by atoms with van der Waals surface area (Å²) in [6.07, 6.45) is 0. The van der Waals surface area contributed by atoms with E-state index in [1.165, 1.54) is 0 Å². The molecule has 2 N–H and O–H groups in total. The van der Waals surface area contributed by atoms with E-state index in [2.05, 4.69) is 26.6 Å². The Balaban J connectivity index is 2.27. The van der Waals surface area contributed by atoms with E-state index in [9.17, 15) is 9.59 Å². The van der Waals surface area contributed by atoms with Crippen LogP contribution in [0.3, 0.4) is 0 Å². The normalized spacial score (nSPS) is 10.8. The maximum Gasteiger partial charge on any atom is 0.258 e. The smallest absolute Gasteiger partial charge is 0.258 e. The molecule has 0 unspecified atom stereocenters. The van der Waals surface area contributed by atoms with Crippen LogP contribution < -0.4 is 15.4 Å². The van der Waals surface area contributed by atoms with Crippen molar-refractivity contribution >= 4 is 27.7 Å². The van der Waals surface area contributed by atoms with E-state index in [0.717, 1.165) is 4.47 Å². The van der Waals surface area contributed by atoms with Gasteiger partial charge in [0, 0.05) is 10.0 Å². The van der Waals surface area contributed by atoms with Crippen molar-refractivity contribution in [3.63, 3.8) is 0 Å². The first-order valence-corrected chi connectivity index (χ1v) is 7.02. The van der Waals surface area contributed by atoms with E-state index in [0.29, 0.717) is 5.75 Å². The van der Waals surface area contributed by atoms with Gasteiger partial charge in [0.2, 0.25) is 5.91 Å². The molecule has 0 aliphatic carbocycles. The number of hydrogen-bond acceptors (Lipinski definition) is 3. The number of rotatable bonds is 5. The number of carbonyl (C=O) groups is 2. The number of benzene rings is 1. The van der Waals surface area contributed by atoms with E-state index < -0.39 is 0 Å². The zero-order valence-electron chi connectivity index (χ0n) is 11.8. The molecule has 1 aromatic rings. The highest BCUT2D eigenvalue weighted by molar-refractivity contribution is 9.10. The highest BCUT2D eigenvalue weighted by Crippen LogP contribution is 2.15. The van der Waals surface area contributed by atoms with Crippen LogP contribution in [-0.2, 0) is 9.59 Å². The van der Waals surface area contributed by atoms with Gasteiger partial charge in [0.1, 0.15) is 5.75 Å². The summed E-state index contributed by atoms with van der Waals surface area (Å²) < 4.78 is 6.23. The Morgan fingerprint density at radius 1 is 1.15 bits per heavy atom. The van der Waals surface area contributed by atoms with Gasteiger partial charge < -0.3 is 15.4 Å². The van der Waals surface area contributed by atoms with Crippen molar-refractivity contribution in [2.75, 3.05) is 13.2 Å². The summed E-state index contributed by atoms with van der Waals surface area (Å²) in [5.41, 5.74) is -0.310. The van der Waals surface area contributed by atoms with Gasteiger partial charge in [-0.05, 0) is 45.0 Å². The van der Waals surface area contributed by atoms with Crippen molar-refractivity contribution in [3.8, 4) is 5.75 Å². The number of halogens is 1. The Morgan fingerprint density at radius 2 is 1.75 bits per heavy atom. The van der Waals surface area contributed by atoms with Gasteiger partial charge in [0.25, 0.3) is 5.91 Å². The summed E-state index contributed by atoms with van der Waals surface area (Å²) >= 11 is 3.31.